The maximum atomic E-state index is 13.9. The number of aromatic nitrogens is 8. The standard InChI is InChI=1S/C44H51N13O7/c1-5-56-33(13-24(3)51-56)41(60)49-43-47-31-16-27(39(45)58)18-35-37(31)53(43)10-7-8-11-54-38-32(48-44(54)50-42(61)34-14-25(4)52-57(34)6-2)17-28(40(46)59)19-36(38)64-23-30(22-63-35)55-20-26-9-12-62-21-29(55)15-26/h7-8,13-14,16-19,26,29-30H,5-6,9-12,15,20-23H2,1-4H3,(H2,45,58)(H2,46,59)(H,47,49,60)(H,48,50,61)/b8-7+. The predicted octanol–water partition coefficient (Wildman–Crippen LogP) is 3.65. The van der Waals surface area contributed by atoms with Crippen LogP contribution in [0.2, 0.25) is 0 Å². The summed E-state index contributed by atoms with van der Waals surface area (Å²) in [5.41, 5.74) is 16.0. The molecule has 3 aliphatic rings. The number of amides is 4. The lowest BCUT2D eigenvalue weighted by Gasteiger charge is -2.33. The molecular formula is C44H51N13O7. The summed E-state index contributed by atoms with van der Waals surface area (Å²) in [7, 11) is 0. The number of fused-ring (bicyclic) bond motifs is 2. The van der Waals surface area contributed by atoms with E-state index in [1.807, 2.05) is 49.0 Å². The monoisotopic (exact) mass is 873 g/mol. The second-order valence-electron chi connectivity index (χ2n) is 16.4. The Balaban J connectivity index is 1.19. The lowest BCUT2D eigenvalue weighted by atomic mass is 10.0. The number of anilines is 2. The number of hydrogen-bond donors (Lipinski definition) is 4. The third-order valence-electron chi connectivity index (χ3n) is 12.1. The molecule has 9 rings (SSSR count). The number of carbonyl (C=O) groups excluding carboxylic acids is 4. The fourth-order valence-corrected chi connectivity index (χ4v) is 9.08. The molecule has 20 nitrogen and oxygen atoms in total. The molecule has 0 saturated carbocycles. The average molecular weight is 874 g/mol. The number of carbonyl (C=O) groups is 4. The van der Waals surface area contributed by atoms with E-state index in [0.29, 0.717) is 88.6 Å². The van der Waals surface area contributed by atoms with Gasteiger partial charge in [-0.2, -0.15) is 10.2 Å². The number of hydrogen-bond acceptors (Lipinski definition) is 12. The van der Waals surface area contributed by atoms with Crippen LogP contribution in [0.3, 0.4) is 0 Å². The molecule has 3 aliphatic heterocycles. The van der Waals surface area contributed by atoms with Crippen LogP contribution in [0.15, 0.2) is 48.6 Å². The first-order valence-electron chi connectivity index (χ1n) is 21.5. The Morgan fingerprint density at radius 1 is 0.703 bits per heavy atom. The van der Waals surface area contributed by atoms with Gasteiger partial charge in [0.05, 0.1) is 35.1 Å². The summed E-state index contributed by atoms with van der Waals surface area (Å²) in [5, 5.41) is 14.9. The van der Waals surface area contributed by atoms with Crippen LogP contribution < -0.4 is 31.6 Å². The van der Waals surface area contributed by atoms with Gasteiger partial charge in [0, 0.05) is 56.5 Å². The number of likely N-dealkylation sites (tertiary alicyclic amines) is 1. The number of allylic oxidation sites excluding steroid dienone is 2. The van der Waals surface area contributed by atoms with E-state index < -0.39 is 23.6 Å². The summed E-state index contributed by atoms with van der Waals surface area (Å²) < 4.78 is 26.4. The van der Waals surface area contributed by atoms with Crippen molar-refractivity contribution < 1.29 is 33.4 Å². The molecule has 334 valence electrons. The molecule has 0 aliphatic carbocycles. The van der Waals surface area contributed by atoms with Crippen LogP contribution in [-0.2, 0) is 30.9 Å². The molecular weight excluding hydrogens is 823 g/mol. The molecule has 2 unspecified atom stereocenters. The average Bonchev–Trinajstić information content (AvgIpc) is 4.06. The molecule has 2 saturated heterocycles. The predicted molar refractivity (Wildman–Crippen MR) is 236 cm³/mol. The largest absolute Gasteiger partial charge is 0.490 e. The number of benzene rings is 2. The first-order valence-corrected chi connectivity index (χ1v) is 21.5. The summed E-state index contributed by atoms with van der Waals surface area (Å²) in [6.07, 6.45) is 5.63. The highest BCUT2D eigenvalue weighted by Gasteiger charge is 2.39. The second-order valence-corrected chi connectivity index (χ2v) is 16.4. The van der Waals surface area contributed by atoms with Gasteiger partial charge in [-0.3, -0.25) is 44.1 Å². The lowest BCUT2D eigenvalue weighted by molar-refractivity contribution is 0.0235. The molecule has 0 radical (unpaired) electrons. The zero-order valence-electron chi connectivity index (χ0n) is 36.2. The van der Waals surface area contributed by atoms with E-state index in [1.54, 1.807) is 45.8 Å². The SMILES string of the molecule is CCn1nc(C)cc1C(=O)Nc1nc2cc(C(N)=O)cc3c2n1C/C=C/Cn1c(NC(=O)c2cc(C)nn2CC)nc2cc(C(N)=O)cc(c21)OCC(N1CC2CCOCC1C2)CO3. The number of nitrogens with one attached hydrogen (secondary N) is 2. The van der Waals surface area contributed by atoms with Crippen molar-refractivity contribution in [1.29, 1.82) is 0 Å². The van der Waals surface area contributed by atoms with Crippen LogP contribution in [0.5, 0.6) is 11.5 Å². The number of aryl methyl sites for hydroxylation is 4. The van der Waals surface area contributed by atoms with Crippen molar-refractivity contribution in [2.24, 2.45) is 17.4 Å². The third kappa shape index (κ3) is 8.05. The Morgan fingerprint density at radius 2 is 1.20 bits per heavy atom. The van der Waals surface area contributed by atoms with Crippen molar-refractivity contribution in [2.75, 3.05) is 43.6 Å². The first-order chi connectivity index (χ1) is 30.9. The zero-order valence-corrected chi connectivity index (χ0v) is 36.2. The minimum absolute atomic E-state index is 0.0880. The van der Waals surface area contributed by atoms with E-state index in [2.05, 4.69) is 25.7 Å². The van der Waals surface area contributed by atoms with Gasteiger partial charge in [-0.15, -0.1) is 0 Å². The van der Waals surface area contributed by atoms with Gasteiger partial charge < -0.3 is 34.8 Å². The minimum Gasteiger partial charge on any atom is -0.490 e. The number of nitrogens with two attached hydrogens (primary N) is 2. The Morgan fingerprint density at radius 3 is 1.67 bits per heavy atom. The van der Waals surface area contributed by atoms with Crippen molar-refractivity contribution >= 4 is 57.6 Å². The number of nitrogens with zero attached hydrogens (tertiary/aromatic N) is 9. The zero-order chi connectivity index (χ0) is 44.8. The van der Waals surface area contributed by atoms with Crippen molar-refractivity contribution in [1.82, 2.24) is 43.6 Å². The van der Waals surface area contributed by atoms with E-state index in [0.717, 1.165) is 19.4 Å². The van der Waals surface area contributed by atoms with Gasteiger partial charge in [-0.25, -0.2) is 9.97 Å². The first kappa shape index (κ1) is 42.3. The molecule has 6 aromatic rings. The van der Waals surface area contributed by atoms with E-state index >= 15 is 0 Å². The maximum absolute atomic E-state index is 13.9. The molecule has 6 N–H and O–H groups in total. The summed E-state index contributed by atoms with van der Waals surface area (Å²) in [6.45, 7) is 11.0. The van der Waals surface area contributed by atoms with Gasteiger partial charge in [-0.05, 0) is 82.9 Å². The molecule has 2 atom stereocenters. The van der Waals surface area contributed by atoms with E-state index in [9.17, 15) is 19.2 Å². The number of rotatable bonds is 9. The van der Waals surface area contributed by atoms with Gasteiger partial charge >= 0.3 is 0 Å². The van der Waals surface area contributed by atoms with Crippen LogP contribution in [0, 0.1) is 19.8 Å². The fourth-order valence-electron chi connectivity index (χ4n) is 9.08. The molecule has 2 aromatic carbocycles. The van der Waals surface area contributed by atoms with Gasteiger partial charge in [0.25, 0.3) is 11.8 Å². The summed E-state index contributed by atoms with van der Waals surface area (Å²) in [5.74, 6) is -0.714. The van der Waals surface area contributed by atoms with Crippen molar-refractivity contribution in [3.63, 3.8) is 0 Å². The number of imidazole rings is 2. The van der Waals surface area contributed by atoms with Crippen LogP contribution in [0.1, 0.15) is 79.8 Å². The van der Waals surface area contributed by atoms with Crippen LogP contribution >= 0.6 is 0 Å². The Labute approximate surface area is 367 Å². The van der Waals surface area contributed by atoms with Gasteiger partial charge in [0.2, 0.25) is 23.7 Å². The Kier molecular flexibility index (Phi) is 11.4. The molecule has 2 fully saturated rings. The molecule has 4 aromatic heterocycles. The van der Waals surface area contributed by atoms with Crippen LogP contribution in [-0.4, -0.2) is 112 Å². The summed E-state index contributed by atoms with van der Waals surface area (Å²) >= 11 is 0. The van der Waals surface area contributed by atoms with Crippen LogP contribution in [0.25, 0.3) is 22.1 Å². The van der Waals surface area contributed by atoms with Gasteiger partial charge in [0.15, 0.2) is 0 Å². The molecule has 20 heteroatoms. The smallest absolute Gasteiger partial charge is 0.276 e. The topological polar surface area (TPSA) is 247 Å². The number of ether oxygens (including phenoxy) is 3. The molecule has 2 bridgehead atoms. The minimum atomic E-state index is -0.673. The van der Waals surface area contributed by atoms with Crippen LogP contribution in [0.4, 0.5) is 11.9 Å². The van der Waals surface area contributed by atoms with E-state index in [4.69, 9.17) is 35.6 Å². The van der Waals surface area contributed by atoms with Crippen molar-refractivity contribution in [3.05, 3.63) is 82.5 Å². The second kappa shape index (κ2) is 17.2. The highest BCUT2D eigenvalue weighted by atomic mass is 16.5. The highest BCUT2D eigenvalue weighted by Crippen LogP contribution is 2.36. The van der Waals surface area contributed by atoms with E-state index in [1.165, 1.54) is 0 Å². The molecule has 4 amide bonds. The lowest BCUT2D eigenvalue weighted by Crippen LogP contribution is -2.48. The third-order valence-corrected chi connectivity index (χ3v) is 12.1. The molecule has 0 spiro atoms. The Hall–Kier alpha value is -7.06. The summed E-state index contributed by atoms with van der Waals surface area (Å²) in [4.78, 5) is 65.4. The summed E-state index contributed by atoms with van der Waals surface area (Å²) in [6, 6.07) is 9.48. The normalized spacial score (nSPS) is 18.8. The maximum Gasteiger partial charge on any atom is 0.276 e. The Bertz CT molecular complexity index is 2680. The van der Waals surface area contributed by atoms with Gasteiger partial charge in [0.1, 0.15) is 47.1 Å². The fraction of sp³-hybridized carbons (Fsp3) is 0.409. The molecule has 7 heterocycles. The van der Waals surface area contributed by atoms with Crippen molar-refractivity contribution in [2.45, 2.75) is 78.8 Å². The van der Waals surface area contributed by atoms with Gasteiger partial charge in [-0.1, -0.05) is 12.2 Å². The number of primary amides is 2. The highest BCUT2D eigenvalue weighted by molar-refractivity contribution is 6.05. The van der Waals surface area contributed by atoms with Crippen molar-refractivity contribution in [3.8, 4) is 11.5 Å². The quantitative estimate of drug-likeness (QED) is 0.152. The van der Waals surface area contributed by atoms with E-state index in [-0.39, 0.29) is 61.4 Å². The molecule has 64 heavy (non-hydrogen) atoms.